The number of hydrogen-bond donors (Lipinski definition) is 2. The molecule has 3 rings (SSSR count). The van der Waals surface area contributed by atoms with E-state index >= 15 is 0 Å². The zero-order valence-electron chi connectivity index (χ0n) is 13.2. The summed E-state index contributed by atoms with van der Waals surface area (Å²) in [6.07, 6.45) is 0. The van der Waals surface area contributed by atoms with Crippen molar-refractivity contribution in [2.75, 3.05) is 12.1 Å². The van der Waals surface area contributed by atoms with Crippen LogP contribution in [-0.4, -0.2) is 18.1 Å². The Morgan fingerprint density at radius 2 is 1.62 bits per heavy atom. The van der Waals surface area contributed by atoms with Gasteiger partial charge in [-0.05, 0) is 29.1 Å². The molecule has 1 unspecified atom stereocenters. The Labute approximate surface area is 145 Å². The van der Waals surface area contributed by atoms with Crippen LogP contribution in [0.15, 0.2) is 78.2 Å². The number of carbonyl (C=O) groups is 1. The average molecular weight is 338 g/mol. The molecule has 0 aliphatic heterocycles. The molecule has 122 valence electrons. The van der Waals surface area contributed by atoms with Gasteiger partial charge in [0.2, 0.25) is 5.60 Å². The highest BCUT2D eigenvalue weighted by molar-refractivity contribution is 7.10. The lowest BCUT2D eigenvalue weighted by Gasteiger charge is -2.30. The number of aliphatic hydroxyl groups is 1. The predicted molar refractivity (Wildman–Crippen MR) is 96.7 cm³/mol. The number of benzene rings is 2. The molecule has 0 aliphatic carbocycles. The lowest BCUT2D eigenvalue weighted by molar-refractivity contribution is -0.136. The first-order valence-corrected chi connectivity index (χ1v) is 8.42. The first-order valence-electron chi connectivity index (χ1n) is 7.54. The number of amides is 1. The third-order valence-corrected chi connectivity index (χ3v) is 4.79. The molecule has 2 N–H and O–H groups in total. The van der Waals surface area contributed by atoms with Crippen molar-refractivity contribution in [3.8, 4) is 0 Å². The molecule has 0 saturated heterocycles. The molecule has 1 aromatic heterocycles. The number of nitrogens with zero attached hydrogens (tertiary/aromatic N) is 1. The number of carbonyl (C=O) groups excluding carboxylic acids is 1. The summed E-state index contributed by atoms with van der Waals surface area (Å²) in [7, 11) is 1.74. The Kier molecular flexibility index (Phi) is 4.64. The van der Waals surface area contributed by atoms with Gasteiger partial charge in [-0.1, -0.05) is 54.6 Å². The fourth-order valence-electron chi connectivity index (χ4n) is 2.50. The Morgan fingerprint density at radius 3 is 2.21 bits per heavy atom. The van der Waals surface area contributed by atoms with E-state index in [1.807, 2.05) is 60.0 Å². The second-order valence-corrected chi connectivity index (χ2v) is 6.34. The fourth-order valence-corrected chi connectivity index (χ4v) is 3.34. The van der Waals surface area contributed by atoms with Crippen molar-refractivity contribution in [2.24, 2.45) is 0 Å². The summed E-state index contributed by atoms with van der Waals surface area (Å²) in [6.45, 7) is 0. The van der Waals surface area contributed by atoms with Gasteiger partial charge in [0.05, 0.1) is 10.6 Å². The van der Waals surface area contributed by atoms with E-state index in [-0.39, 0.29) is 0 Å². The molecule has 0 spiro atoms. The van der Waals surface area contributed by atoms with E-state index in [1.165, 1.54) is 11.3 Å². The highest BCUT2D eigenvalue weighted by Gasteiger charge is 2.41. The molecule has 3 aromatic rings. The van der Waals surface area contributed by atoms with Gasteiger partial charge in [-0.3, -0.25) is 15.2 Å². The van der Waals surface area contributed by atoms with Gasteiger partial charge in [0, 0.05) is 7.05 Å². The smallest absolute Gasteiger partial charge is 0.280 e. The molecule has 0 fully saturated rings. The first-order chi connectivity index (χ1) is 11.6. The molecule has 1 amide bonds. The summed E-state index contributed by atoms with van der Waals surface area (Å²) in [4.78, 5) is 13.5. The normalized spacial score (nSPS) is 13.1. The van der Waals surface area contributed by atoms with Crippen LogP contribution in [0.4, 0.5) is 5.69 Å². The van der Waals surface area contributed by atoms with Crippen molar-refractivity contribution in [2.45, 2.75) is 5.60 Å². The molecular weight excluding hydrogens is 320 g/mol. The minimum Gasteiger partial charge on any atom is -0.371 e. The summed E-state index contributed by atoms with van der Waals surface area (Å²) >= 11 is 1.35. The largest absolute Gasteiger partial charge is 0.371 e. The van der Waals surface area contributed by atoms with Gasteiger partial charge >= 0.3 is 0 Å². The van der Waals surface area contributed by atoms with E-state index in [0.717, 1.165) is 5.69 Å². The van der Waals surface area contributed by atoms with Gasteiger partial charge in [0.25, 0.3) is 5.91 Å². The molecule has 2 aromatic carbocycles. The van der Waals surface area contributed by atoms with Crippen LogP contribution in [-0.2, 0) is 10.4 Å². The number of hydrazine groups is 1. The van der Waals surface area contributed by atoms with E-state index in [0.29, 0.717) is 10.4 Å². The topological polar surface area (TPSA) is 52.6 Å². The molecule has 0 radical (unpaired) electrons. The summed E-state index contributed by atoms with van der Waals surface area (Å²) in [5, 5.41) is 14.7. The zero-order chi connectivity index (χ0) is 17.0. The zero-order valence-corrected chi connectivity index (χ0v) is 14.0. The summed E-state index contributed by atoms with van der Waals surface area (Å²) in [5.41, 5.74) is 2.40. The second-order valence-electron chi connectivity index (χ2n) is 5.39. The highest BCUT2D eigenvalue weighted by Crippen LogP contribution is 2.33. The fraction of sp³-hybridized carbons (Fsp3) is 0.105. The SMILES string of the molecule is CN(NC(=O)C(O)(c1ccccc1)c1cccs1)c1ccccc1. The van der Waals surface area contributed by atoms with Crippen molar-refractivity contribution < 1.29 is 9.90 Å². The van der Waals surface area contributed by atoms with Crippen molar-refractivity contribution in [1.82, 2.24) is 5.43 Å². The van der Waals surface area contributed by atoms with Crippen LogP contribution in [0.3, 0.4) is 0 Å². The van der Waals surface area contributed by atoms with Gasteiger partial charge in [-0.15, -0.1) is 11.3 Å². The third-order valence-electron chi connectivity index (χ3n) is 3.81. The van der Waals surface area contributed by atoms with E-state index in [9.17, 15) is 9.90 Å². The first kappa shape index (κ1) is 16.2. The molecule has 0 aliphatic rings. The van der Waals surface area contributed by atoms with E-state index in [4.69, 9.17) is 0 Å². The number of nitrogens with one attached hydrogen (secondary N) is 1. The third kappa shape index (κ3) is 3.04. The average Bonchev–Trinajstić information content (AvgIpc) is 3.17. The van der Waals surface area contributed by atoms with Crippen LogP contribution < -0.4 is 10.4 Å². The van der Waals surface area contributed by atoms with Crippen LogP contribution in [0.1, 0.15) is 10.4 Å². The summed E-state index contributed by atoms with van der Waals surface area (Å²) in [5.74, 6) is -0.498. The maximum atomic E-state index is 13.0. The van der Waals surface area contributed by atoms with Crippen LogP contribution in [0.25, 0.3) is 0 Å². The monoisotopic (exact) mass is 338 g/mol. The molecule has 1 heterocycles. The molecule has 4 nitrogen and oxygen atoms in total. The second kappa shape index (κ2) is 6.86. The highest BCUT2D eigenvalue weighted by atomic mass is 32.1. The maximum absolute atomic E-state index is 13.0. The van der Waals surface area contributed by atoms with Crippen molar-refractivity contribution in [3.05, 3.63) is 88.6 Å². The van der Waals surface area contributed by atoms with Gasteiger partial charge in [-0.2, -0.15) is 0 Å². The van der Waals surface area contributed by atoms with E-state index in [2.05, 4.69) is 5.43 Å². The quantitative estimate of drug-likeness (QED) is 0.703. The van der Waals surface area contributed by atoms with Crippen LogP contribution in [0, 0.1) is 0 Å². The maximum Gasteiger partial charge on any atom is 0.280 e. The van der Waals surface area contributed by atoms with Gasteiger partial charge in [0.15, 0.2) is 0 Å². The summed E-state index contributed by atoms with van der Waals surface area (Å²) < 4.78 is 0. The number of rotatable bonds is 5. The van der Waals surface area contributed by atoms with Gasteiger partial charge < -0.3 is 5.11 Å². The van der Waals surface area contributed by atoms with Crippen LogP contribution >= 0.6 is 11.3 Å². The minimum absolute atomic E-state index is 0.498. The molecule has 0 saturated carbocycles. The Morgan fingerprint density at radius 1 is 1.00 bits per heavy atom. The summed E-state index contributed by atoms with van der Waals surface area (Å²) in [6, 6.07) is 22.0. The minimum atomic E-state index is -1.74. The lowest BCUT2D eigenvalue weighted by Crippen LogP contribution is -2.51. The number of thiophene rings is 1. The van der Waals surface area contributed by atoms with Gasteiger partial charge in [0.1, 0.15) is 0 Å². The van der Waals surface area contributed by atoms with Crippen LogP contribution in [0.2, 0.25) is 0 Å². The van der Waals surface area contributed by atoms with E-state index < -0.39 is 11.5 Å². The number of anilines is 1. The van der Waals surface area contributed by atoms with Gasteiger partial charge in [-0.25, -0.2) is 0 Å². The molecule has 0 bridgehead atoms. The Hall–Kier alpha value is -2.63. The van der Waals surface area contributed by atoms with Crippen LogP contribution in [0.5, 0.6) is 0 Å². The molecule has 1 atom stereocenters. The number of hydrogen-bond acceptors (Lipinski definition) is 4. The Bertz CT molecular complexity index is 791. The molecule has 24 heavy (non-hydrogen) atoms. The lowest BCUT2D eigenvalue weighted by atomic mass is 9.91. The van der Waals surface area contributed by atoms with Crippen molar-refractivity contribution in [3.63, 3.8) is 0 Å². The van der Waals surface area contributed by atoms with Crippen molar-refractivity contribution in [1.29, 1.82) is 0 Å². The molecular formula is C19H18N2O2S. The Balaban J connectivity index is 1.93. The standard InChI is InChI=1S/C19H18N2O2S/c1-21(16-11-6-3-7-12-16)20-18(22)19(23,17-13-8-14-24-17)15-9-4-2-5-10-15/h2-14,23H,1H3,(H,20,22). The predicted octanol–water partition coefficient (Wildman–Crippen LogP) is 3.15. The van der Waals surface area contributed by atoms with E-state index in [1.54, 1.807) is 30.3 Å². The van der Waals surface area contributed by atoms with Crippen molar-refractivity contribution >= 4 is 22.9 Å². The molecule has 5 heteroatoms. The number of para-hydroxylation sites is 1.